The van der Waals surface area contributed by atoms with Crippen molar-refractivity contribution >= 4 is 19.4 Å². The number of amides is 1. The van der Waals surface area contributed by atoms with Gasteiger partial charge in [0.2, 0.25) is 5.91 Å². The Morgan fingerprint density at radius 3 is 2.75 bits per heavy atom. The molecular weight excluding hydrogens is 259 g/mol. The first kappa shape index (κ1) is 15.3. The van der Waals surface area contributed by atoms with Gasteiger partial charge in [-0.05, 0) is 17.3 Å². The van der Waals surface area contributed by atoms with E-state index >= 15 is 0 Å². The lowest BCUT2D eigenvalue weighted by Gasteiger charge is -2.30. The largest absolute Gasteiger partial charge is 0.469 e. The Kier molecular flexibility index (Phi) is 4.39. The standard InChI is InChI=1S/C13H22BN2O4/c1-13(2)8-6-16(10(17)5-14-20-7-15)9(12(8)13)4-11(18)19-3/h8-9,12H,4-7,15H2,1-3H3/t8-,9?,12?/m0/s1. The van der Waals surface area contributed by atoms with Gasteiger partial charge in [-0.3, -0.25) is 9.59 Å². The number of rotatable bonds is 6. The lowest BCUT2D eigenvalue weighted by atomic mass is 9.92. The van der Waals surface area contributed by atoms with E-state index < -0.39 is 0 Å². The Morgan fingerprint density at radius 1 is 1.45 bits per heavy atom. The van der Waals surface area contributed by atoms with E-state index in [1.165, 1.54) is 14.6 Å². The Hall–Kier alpha value is -1.08. The molecule has 0 aromatic rings. The summed E-state index contributed by atoms with van der Waals surface area (Å²) in [6, 6.07) is -0.0544. The van der Waals surface area contributed by atoms with E-state index in [0.29, 0.717) is 18.4 Å². The molecule has 1 aliphatic carbocycles. The maximum absolute atomic E-state index is 12.2. The monoisotopic (exact) mass is 281 g/mol. The van der Waals surface area contributed by atoms with Crippen LogP contribution in [0.15, 0.2) is 0 Å². The molecule has 2 rings (SSSR count). The molecule has 2 unspecified atom stereocenters. The second-order valence-electron chi connectivity index (χ2n) is 6.05. The maximum Gasteiger partial charge on any atom is 0.307 e. The minimum atomic E-state index is -0.265. The fraction of sp³-hybridized carbons (Fsp3) is 0.846. The first-order valence-electron chi connectivity index (χ1n) is 6.93. The van der Waals surface area contributed by atoms with Gasteiger partial charge in [0.25, 0.3) is 0 Å². The summed E-state index contributed by atoms with van der Waals surface area (Å²) in [6.07, 6.45) is 0.458. The number of ether oxygens (including phenoxy) is 1. The van der Waals surface area contributed by atoms with Gasteiger partial charge in [-0.1, -0.05) is 13.8 Å². The highest BCUT2D eigenvalue weighted by Gasteiger charge is 2.67. The van der Waals surface area contributed by atoms with E-state index in [4.69, 9.17) is 15.1 Å². The van der Waals surface area contributed by atoms with Crippen molar-refractivity contribution in [2.24, 2.45) is 23.0 Å². The summed E-state index contributed by atoms with van der Waals surface area (Å²) < 4.78 is 9.64. The van der Waals surface area contributed by atoms with Crippen molar-refractivity contribution in [2.75, 3.05) is 20.4 Å². The summed E-state index contributed by atoms with van der Waals surface area (Å²) >= 11 is 0. The normalized spacial score (nSPS) is 29.8. The fourth-order valence-electron chi connectivity index (χ4n) is 3.53. The highest BCUT2D eigenvalue weighted by molar-refractivity contribution is 6.34. The first-order valence-corrected chi connectivity index (χ1v) is 6.93. The topological polar surface area (TPSA) is 81.9 Å². The van der Waals surface area contributed by atoms with Crippen LogP contribution in [0, 0.1) is 17.3 Å². The van der Waals surface area contributed by atoms with Crippen LogP contribution in [0.5, 0.6) is 0 Å². The molecule has 2 fully saturated rings. The van der Waals surface area contributed by atoms with Gasteiger partial charge >= 0.3 is 13.5 Å². The molecule has 0 aromatic heterocycles. The van der Waals surface area contributed by atoms with Gasteiger partial charge in [-0.25, -0.2) is 0 Å². The second kappa shape index (κ2) is 5.73. The summed E-state index contributed by atoms with van der Waals surface area (Å²) in [4.78, 5) is 25.6. The van der Waals surface area contributed by atoms with Crippen LogP contribution in [-0.4, -0.2) is 50.7 Å². The minimum Gasteiger partial charge on any atom is -0.469 e. The van der Waals surface area contributed by atoms with Crippen LogP contribution in [0.3, 0.4) is 0 Å². The van der Waals surface area contributed by atoms with Crippen molar-refractivity contribution in [1.82, 2.24) is 4.90 Å². The number of piperidine rings is 1. The van der Waals surface area contributed by atoms with Crippen molar-refractivity contribution in [1.29, 1.82) is 0 Å². The Morgan fingerprint density at radius 2 is 2.15 bits per heavy atom. The summed E-state index contributed by atoms with van der Waals surface area (Å²) in [7, 11) is 2.80. The zero-order chi connectivity index (χ0) is 14.9. The molecule has 0 bridgehead atoms. The number of nitrogens with two attached hydrogens (primary N) is 1. The number of carbonyl (C=O) groups excluding carboxylic acids is 2. The predicted molar refractivity (Wildman–Crippen MR) is 73.6 cm³/mol. The number of carbonyl (C=O) groups is 2. The van der Waals surface area contributed by atoms with Crippen LogP contribution in [-0.2, 0) is 19.0 Å². The Balaban J connectivity index is 1.98. The average molecular weight is 281 g/mol. The third-order valence-corrected chi connectivity index (χ3v) is 4.74. The number of esters is 1. The number of methoxy groups -OCH3 is 1. The smallest absolute Gasteiger partial charge is 0.307 e. The minimum absolute atomic E-state index is 0.0182. The third-order valence-electron chi connectivity index (χ3n) is 4.74. The van der Waals surface area contributed by atoms with Gasteiger partial charge in [0, 0.05) is 18.9 Å². The Labute approximate surface area is 120 Å². The van der Waals surface area contributed by atoms with E-state index in [0.717, 1.165) is 0 Å². The molecule has 1 radical (unpaired) electrons. The van der Waals surface area contributed by atoms with E-state index in [1.807, 2.05) is 0 Å². The van der Waals surface area contributed by atoms with Crippen LogP contribution >= 0.6 is 0 Å². The zero-order valence-corrected chi connectivity index (χ0v) is 12.3. The molecule has 7 heteroatoms. The molecule has 6 nitrogen and oxygen atoms in total. The molecule has 3 atom stereocenters. The van der Waals surface area contributed by atoms with Crippen molar-refractivity contribution in [3.05, 3.63) is 0 Å². The van der Waals surface area contributed by atoms with Gasteiger partial charge in [-0.2, -0.15) is 0 Å². The first-order chi connectivity index (χ1) is 9.43. The third kappa shape index (κ3) is 2.69. The molecule has 1 saturated heterocycles. The summed E-state index contributed by atoms with van der Waals surface area (Å²) in [5.41, 5.74) is 5.42. The van der Waals surface area contributed by atoms with E-state index in [-0.39, 0.29) is 42.8 Å². The summed E-state index contributed by atoms with van der Waals surface area (Å²) in [5.74, 6) is 0.589. The van der Waals surface area contributed by atoms with E-state index in [2.05, 4.69) is 13.8 Å². The number of hydrogen-bond donors (Lipinski definition) is 1. The fourth-order valence-corrected chi connectivity index (χ4v) is 3.53. The molecule has 2 N–H and O–H groups in total. The molecule has 1 amide bonds. The molecule has 20 heavy (non-hydrogen) atoms. The molecular formula is C13H22BN2O4. The van der Waals surface area contributed by atoms with Crippen molar-refractivity contribution in [3.8, 4) is 0 Å². The number of fused-ring (bicyclic) bond motifs is 1. The van der Waals surface area contributed by atoms with Crippen LogP contribution in [0.4, 0.5) is 0 Å². The van der Waals surface area contributed by atoms with Gasteiger partial charge in [0.1, 0.15) is 0 Å². The molecule has 1 heterocycles. The van der Waals surface area contributed by atoms with Gasteiger partial charge < -0.3 is 20.0 Å². The number of nitrogens with zero attached hydrogens (tertiary/aromatic N) is 1. The summed E-state index contributed by atoms with van der Waals surface area (Å²) in [5, 5.41) is 0. The van der Waals surface area contributed by atoms with Crippen molar-refractivity contribution in [3.63, 3.8) is 0 Å². The molecule has 1 aliphatic heterocycles. The van der Waals surface area contributed by atoms with E-state index in [1.54, 1.807) is 4.90 Å². The van der Waals surface area contributed by atoms with Gasteiger partial charge in [0.15, 0.2) is 0 Å². The van der Waals surface area contributed by atoms with Crippen molar-refractivity contribution < 1.29 is 19.0 Å². The highest BCUT2D eigenvalue weighted by atomic mass is 16.5. The maximum atomic E-state index is 12.2. The predicted octanol–water partition coefficient (Wildman–Crippen LogP) is 0.00280. The molecule has 111 valence electrons. The second-order valence-corrected chi connectivity index (χ2v) is 6.05. The quantitative estimate of drug-likeness (QED) is 0.321. The lowest BCUT2D eigenvalue weighted by molar-refractivity contribution is -0.143. The van der Waals surface area contributed by atoms with Crippen LogP contribution in [0.1, 0.15) is 20.3 Å². The van der Waals surface area contributed by atoms with Crippen LogP contribution in [0.25, 0.3) is 0 Å². The summed E-state index contributed by atoms with van der Waals surface area (Å²) in [6.45, 7) is 5.17. The lowest BCUT2D eigenvalue weighted by Crippen LogP contribution is -2.42. The number of hydrogen-bond acceptors (Lipinski definition) is 5. The van der Waals surface area contributed by atoms with Gasteiger partial charge in [0.05, 0.1) is 20.3 Å². The van der Waals surface area contributed by atoms with Crippen LogP contribution in [0.2, 0.25) is 6.32 Å². The SMILES string of the molecule is COC(=O)CC1C2[C@H](CN1C(=O)C[B]OCN)C2(C)C. The molecule has 0 spiro atoms. The molecule has 2 aliphatic rings. The molecule has 0 aromatic carbocycles. The average Bonchev–Trinajstić information content (AvgIpc) is 2.76. The highest BCUT2D eigenvalue weighted by Crippen LogP contribution is 2.65. The zero-order valence-electron chi connectivity index (χ0n) is 12.3. The molecule has 1 saturated carbocycles. The van der Waals surface area contributed by atoms with Crippen LogP contribution < -0.4 is 5.73 Å². The Bertz CT molecular complexity index is 402. The van der Waals surface area contributed by atoms with Gasteiger partial charge in [-0.15, -0.1) is 0 Å². The number of likely N-dealkylation sites (tertiary alicyclic amines) is 1. The van der Waals surface area contributed by atoms with Crippen molar-refractivity contribution in [2.45, 2.75) is 32.6 Å². The van der Waals surface area contributed by atoms with E-state index in [9.17, 15) is 9.59 Å².